The third kappa shape index (κ3) is 7.71. The van der Waals surface area contributed by atoms with Crippen molar-refractivity contribution in [3.8, 4) is 22.3 Å². The van der Waals surface area contributed by atoms with Crippen LogP contribution < -0.4 is 5.32 Å². The molecule has 0 saturated carbocycles. The zero-order valence-electron chi connectivity index (χ0n) is 27.4. The minimum absolute atomic E-state index is 0.0194. The summed E-state index contributed by atoms with van der Waals surface area (Å²) >= 11 is 0. The van der Waals surface area contributed by atoms with Gasteiger partial charge in [0.2, 0.25) is 0 Å². The molecule has 3 aromatic rings. The van der Waals surface area contributed by atoms with Gasteiger partial charge < -0.3 is 19.7 Å². The molecule has 0 aromatic heterocycles. The van der Waals surface area contributed by atoms with Crippen LogP contribution in [0.25, 0.3) is 22.3 Å². The Morgan fingerprint density at radius 3 is 1.56 bits per heavy atom. The summed E-state index contributed by atoms with van der Waals surface area (Å²) in [6.07, 6.45) is -1.23. The Morgan fingerprint density at radius 1 is 0.689 bits per heavy atom. The van der Waals surface area contributed by atoms with Crippen LogP contribution >= 0.6 is 0 Å². The van der Waals surface area contributed by atoms with Crippen molar-refractivity contribution in [3.63, 3.8) is 0 Å². The number of benzene rings is 3. The zero-order valence-corrected chi connectivity index (χ0v) is 27.4. The minimum Gasteiger partial charge on any atom is -0.444 e. The van der Waals surface area contributed by atoms with E-state index in [1.165, 1.54) is 9.80 Å². The number of nitrogens with zero attached hydrogens (tertiary/aromatic N) is 2. The van der Waals surface area contributed by atoms with Crippen molar-refractivity contribution in [2.24, 2.45) is 0 Å². The minimum atomic E-state index is -0.765. The number of carbonyl (C=O) groups is 4. The molecule has 0 fully saturated rings. The summed E-state index contributed by atoms with van der Waals surface area (Å²) in [5, 5.41) is 2.65. The topological polar surface area (TPSA) is 105 Å². The lowest BCUT2D eigenvalue weighted by atomic mass is 9.82. The number of nitrogens with one attached hydrogen (secondary N) is 1. The Morgan fingerprint density at radius 2 is 1.13 bits per heavy atom. The molecule has 0 radical (unpaired) electrons. The van der Waals surface area contributed by atoms with Crippen molar-refractivity contribution in [2.45, 2.75) is 66.6 Å². The van der Waals surface area contributed by atoms with Gasteiger partial charge in [-0.25, -0.2) is 9.59 Å². The van der Waals surface area contributed by atoms with Crippen molar-refractivity contribution in [1.82, 2.24) is 15.1 Å². The lowest BCUT2D eigenvalue weighted by Gasteiger charge is -2.29. The number of amides is 4. The third-order valence-corrected chi connectivity index (χ3v) is 7.34. The molecule has 0 saturated heterocycles. The van der Waals surface area contributed by atoms with E-state index in [0.717, 1.165) is 33.4 Å². The molecule has 0 bridgehead atoms. The van der Waals surface area contributed by atoms with Crippen LogP contribution in [-0.2, 0) is 9.47 Å². The van der Waals surface area contributed by atoms with E-state index in [1.807, 2.05) is 74.5 Å². The van der Waals surface area contributed by atoms with Crippen molar-refractivity contribution >= 4 is 24.0 Å². The first kappa shape index (κ1) is 33.2. The standard InChI is InChI=1S/C36H43N3O6/c1-23-27(25-15-11-9-12-16-25)28(26-17-13-10-14-18-26)24(2)30-29(23)31(40)39(32(30)41)22-21-38(34(43)45-36(6,7)8)20-19-37-33(42)44-35(3,4)5/h9-18H,19-22H2,1-8H3,(H,37,42). The van der Waals surface area contributed by atoms with E-state index in [0.29, 0.717) is 11.1 Å². The van der Waals surface area contributed by atoms with Crippen molar-refractivity contribution in [2.75, 3.05) is 26.2 Å². The lowest BCUT2D eigenvalue weighted by Crippen LogP contribution is -2.46. The molecule has 45 heavy (non-hydrogen) atoms. The highest BCUT2D eigenvalue weighted by molar-refractivity contribution is 6.24. The van der Waals surface area contributed by atoms with E-state index in [-0.39, 0.29) is 26.2 Å². The molecule has 238 valence electrons. The molecule has 0 aliphatic carbocycles. The second kappa shape index (κ2) is 13.1. The fourth-order valence-electron chi connectivity index (χ4n) is 5.48. The monoisotopic (exact) mass is 613 g/mol. The summed E-state index contributed by atoms with van der Waals surface area (Å²) in [5.74, 6) is -0.799. The Bertz CT molecular complexity index is 1500. The molecule has 0 spiro atoms. The molecule has 9 nitrogen and oxygen atoms in total. The number of hydrogen-bond donors (Lipinski definition) is 1. The molecule has 3 aromatic carbocycles. The summed E-state index contributed by atoms with van der Waals surface area (Å²) in [5.41, 5.74) is 4.50. The third-order valence-electron chi connectivity index (χ3n) is 7.34. The van der Waals surface area contributed by atoms with Crippen LogP contribution in [0.15, 0.2) is 60.7 Å². The smallest absolute Gasteiger partial charge is 0.410 e. The highest BCUT2D eigenvalue weighted by Crippen LogP contribution is 2.43. The van der Waals surface area contributed by atoms with Gasteiger partial charge in [-0.05, 0) is 88.8 Å². The van der Waals surface area contributed by atoms with E-state index >= 15 is 0 Å². The number of carbonyl (C=O) groups excluding carboxylic acids is 4. The maximum atomic E-state index is 14.0. The first-order chi connectivity index (χ1) is 21.1. The van der Waals surface area contributed by atoms with Crippen LogP contribution in [-0.4, -0.2) is 71.2 Å². The highest BCUT2D eigenvalue weighted by Gasteiger charge is 2.41. The average molecular weight is 614 g/mol. The summed E-state index contributed by atoms with van der Waals surface area (Å²) < 4.78 is 10.9. The van der Waals surface area contributed by atoms with Gasteiger partial charge in [-0.15, -0.1) is 0 Å². The van der Waals surface area contributed by atoms with Gasteiger partial charge in [0.1, 0.15) is 11.2 Å². The van der Waals surface area contributed by atoms with Crippen molar-refractivity contribution in [1.29, 1.82) is 0 Å². The number of hydrogen-bond acceptors (Lipinski definition) is 6. The zero-order chi connectivity index (χ0) is 33.1. The number of alkyl carbamates (subject to hydrolysis) is 1. The van der Waals surface area contributed by atoms with E-state index in [4.69, 9.17) is 9.47 Å². The van der Waals surface area contributed by atoms with Gasteiger partial charge >= 0.3 is 12.2 Å². The number of fused-ring (bicyclic) bond motifs is 1. The molecule has 4 amide bonds. The molecule has 1 heterocycles. The van der Waals surface area contributed by atoms with Crippen molar-refractivity contribution < 1.29 is 28.7 Å². The van der Waals surface area contributed by atoms with Crippen LogP contribution in [0.2, 0.25) is 0 Å². The summed E-state index contributed by atoms with van der Waals surface area (Å²) in [6.45, 7) is 14.5. The predicted octanol–water partition coefficient (Wildman–Crippen LogP) is 7.00. The molecule has 0 atom stereocenters. The second-order valence-electron chi connectivity index (χ2n) is 13.1. The molecule has 1 N–H and O–H groups in total. The molecular weight excluding hydrogens is 570 g/mol. The first-order valence-electron chi connectivity index (χ1n) is 15.2. The molecule has 9 heteroatoms. The second-order valence-corrected chi connectivity index (χ2v) is 13.1. The maximum Gasteiger partial charge on any atom is 0.410 e. The van der Waals surface area contributed by atoms with Gasteiger partial charge in [0, 0.05) is 26.2 Å². The van der Waals surface area contributed by atoms with E-state index in [1.54, 1.807) is 41.5 Å². The predicted molar refractivity (Wildman–Crippen MR) is 174 cm³/mol. The summed E-state index contributed by atoms with van der Waals surface area (Å²) in [4.78, 5) is 55.8. The molecule has 1 aliphatic heterocycles. The van der Waals surface area contributed by atoms with E-state index < -0.39 is 35.2 Å². The number of rotatable bonds is 8. The largest absolute Gasteiger partial charge is 0.444 e. The van der Waals surface area contributed by atoms with E-state index in [2.05, 4.69) is 5.32 Å². The fraction of sp³-hybridized carbons (Fsp3) is 0.389. The average Bonchev–Trinajstić information content (AvgIpc) is 3.21. The van der Waals surface area contributed by atoms with Crippen LogP contribution in [0.4, 0.5) is 9.59 Å². The van der Waals surface area contributed by atoms with Gasteiger partial charge in [0.05, 0.1) is 11.1 Å². The van der Waals surface area contributed by atoms with E-state index in [9.17, 15) is 19.2 Å². The molecular formula is C36H43N3O6. The SMILES string of the molecule is Cc1c2c(c(C)c(-c3ccccc3)c1-c1ccccc1)C(=O)N(CCN(CCNC(=O)OC(C)(C)C)C(=O)OC(C)(C)C)C2=O. The molecule has 0 unspecified atom stereocenters. The Labute approximate surface area is 265 Å². The Kier molecular flexibility index (Phi) is 9.71. The molecule has 1 aliphatic rings. The quantitative estimate of drug-likeness (QED) is 0.275. The fourth-order valence-corrected chi connectivity index (χ4v) is 5.48. The normalized spacial score (nSPS) is 13.0. The lowest BCUT2D eigenvalue weighted by molar-refractivity contribution is 0.0219. The first-order valence-corrected chi connectivity index (χ1v) is 15.2. The van der Waals surface area contributed by atoms with Gasteiger partial charge in [0.15, 0.2) is 0 Å². The van der Waals surface area contributed by atoms with Gasteiger partial charge in [0.25, 0.3) is 11.8 Å². The summed E-state index contributed by atoms with van der Waals surface area (Å²) in [6, 6.07) is 19.7. The van der Waals surface area contributed by atoms with Crippen LogP contribution in [0.1, 0.15) is 73.4 Å². The summed E-state index contributed by atoms with van der Waals surface area (Å²) in [7, 11) is 0. The van der Waals surface area contributed by atoms with Gasteiger partial charge in [-0.1, -0.05) is 60.7 Å². The molecule has 4 rings (SSSR count). The number of ether oxygens (including phenoxy) is 2. The van der Waals surface area contributed by atoms with Crippen LogP contribution in [0.3, 0.4) is 0 Å². The van der Waals surface area contributed by atoms with Crippen LogP contribution in [0, 0.1) is 13.8 Å². The highest BCUT2D eigenvalue weighted by atomic mass is 16.6. The number of imide groups is 1. The Balaban J connectivity index is 1.64. The van der Waals surface area contributed by atoms with Crippen LogP contribution in [0.5, 0.6) is 0 Å². The van der Waals surface area contributed by atoms with Gasteiger partial charge in [-0.2, -0.15) is 0 Å². The Hall–Kier alpha value is -4.66. The maximum absolute atomic E-state index is 14.0. The van der Waals surface area contributed by atoms with Gasteiger partial charge in [-0.3, -0.25) is 14.5 Å². The van der Waals surface area contributed by atoms with Crippen molar-refractivity contribution in [3.05, 3.63) is 82.9 Å².